The van der Waals surface area contributed by atoms with Gasteiger partial charge in [-0.25, -0.2) is 8.42 Å². The number of benzene rings is 1. The quantitative estimate of drug-likeness (QED) is 0.579. The Hall–Kier alpha value is -2.00. The molecule has 0 aliphatic heterocycles. The summed E-state index contributed by atoms with van der Waals surface area (Å²) in [6.45, 7) is 4.60. The van der Waals surface area contributed by atoms with Gasteiger partial charge in [0.05, 0.1) is 9.82 Å². The van der Waals surface area contributed by atoms with Crippen LogP contribution in [-0.4, -0.2) is 30.5 Å². The van der Waals surface area contributed by atoms with Gasteiger partial charge in [0.2, 0.25) is 10.0 Å². The molecule has 0 aliphatic carbocycles. The highest BCUT2D eigenvalue weighted by Crippen LogP contribution is 2.25. The van der Waals surface area contributed by atoms with Crippen LogP contribution in [0.15, 0.2) is 17.0 Å². The number of hydrogen-bond donors (Lipinski definition) is 2. The molecule has 0 aliphatic rings. The van der Waals surface area contributed by atoms with Gasteiger partial charge in [0.15, 0.2) is 0 Å². The van der Waals surface area contributed by atoms with Crippen molar-refractivity contribution in [2.24, 2.45) is 0 Å². The standard InChI is InChI=1S/C13H18N2O6S/c1-4-5-10(13(16)17)14-22(20,21)12-7-8(2)11(15(18)19)6-9(12)3/h6-7,10,14H,4-5H2,1-3H3,(H,16,17). The van der Waals surface area contributed by atoms with Crippen molar-refractivity contribution in [2.45, 2.75) is 44.6 Å². The maximum absolute atomic E-state index is 12.3. The van der Waals surface area contributed by atoms with Gasteiger partial charge in [-0.1, -0.05) is 13.3 Å². The molecule has 9 heteroatoms. The van der Waals surface area contributed by atoms with Crippen LogP contribution in [0.4, 0.5) is 5.69 Å². The number of nitro benzene ring substituents is 1. The van der Waals surface area contributed by atoms with E-state index in [9.17, 15) is 23.3 Å². The third kappa shape index (κ3) is 4.01. The van der Waals surface area contributed by atoms with E-state index in [4.69, 9.17) is 5.11 Å². The van der Waals surface area contributed by atoms with Crippen molar-refractivity contribution in [1.29, 1.82) is 0 Å². The Morgan fingerprint density at radius 3 is 2.41 bits per heavy atom. The molecule has 122 valence electrons. The Balaban J connectivity index is 3.26. The van der Waals surface area contributed by atoms with Crippen molar-refractivity contribution in [2.75, 3.05) is 0 Å². The molecule has 0 saturated heterocycles. The van der Waals surface area contributed by atoms with Crippen LogP contribution in [-0.2, 0) is 14.8 Å². The van der Waals surface area contributed by atoms with Crippen molar-refractivity contribution >= 4 is 21.7 Å². The van der Waals surface area contributed by atoms with Gasteiger partial charge < -0.3 is 5.11 Å². The number of carboxylic acid groups (broad SMARTS) is 1. The first kappa shape index (κ1) is 18.1. The summed E-state index contributed by atoms with van der Waals surface area (Å²) < 4.78 is 26.8. The van der Waals surface area contributed by atoms with Gasteiger partial charge in [0.25, 0.3) is 5.69 Å². The molecule has 0 aromatic heterocycles. The molecule has 8 nitrogen and oxygen atoms in total. The van der Waals surface area contributed by atoms with E-state index < -0.39 is 27.0 Å². The number of aliphatic carboxylic acids is 1. The predicted octanol–water partition coefficient (Wildman–Crippen LogP) is 1.74. The number of nitrogens with one attached hydrogen (secondary N) is 1. The monoisotopic (exact) mass is 330 g/mol. The van der Waals surface area contributed by atoms with Crippen molar-refractivity contribution in [1.82, 2.24) is 4.72 Å². The van der Waals surface area contributed by atoms with Crippen LogP contribution in [0.5, 0.6) is 0 Å². The molecule has 0 fully saturated rings. The Kier molecular flexibility index (Phi) is 5.61. The van der Waals surface area contributed by atoms with Crippen LogP contribution >= 0.6 is 0 Å². The zero-order valence-corrected chi connectivity index (χ0v) is 13.3. The summed E-state index contributed by atoms with van der Waals surface area (Å²) >= 11 is 0. The molecule has 1 atom stereocenters. The fraction of sp³-hybridized carbons (Fsp3) is 0.462. The van der Waals surface area contributed by atoms with Gasteiger partial charge in [-0.15, -0.1) is 0 Å². The average molecular weight is 330 g/mol. The van der Waals surface area contributed by atoms with Crippen LogP contribution in [0.2, 0.25) is 0 Å². The van der Waals surface area contributed by atoms with Crippen LogP contribution < -0.4 is 4.72 Å². The molecule has 0 bridgehead atoms. The van der Waals surface area contributed by atoms with E-state index in [1.165, 1.54) is 26.0 Å². The smallest absolute Gasteiger partial charge is 0.321 e. The number of sulfonamides is 1. The summed E-state index contributed by atoms with van der Waals surface area (Å²) in [7, 11) is -4.08. The Morgan fingerprint density at radius 2 is 1.95 bits per heavy atom. The second kappa shape index (κ2) is 6.84. The SMILES string of the molecule is CCCC(NS(=O)(=O)c1cc(C)c([N+](=O)[O-])cc1C)C(=O)O. The second-order valence-corrected chi connectivity index (χ2v) is 6.64. The zero-order valence-electron chi connectivity index (χ0n) is 12.5. The Bertz CT molecular complexity index is 699. The lowest BCUT2D eigenvalue weighted by Gasteiger charge is -2.15. The summed E-state index contributed by atoms with van der Waals surface area (Å²) in [5.41, 5.74) is 0.198. The lowest BCUT2D eigenvalue weighted by atomic mass is 10.1. The van der Waals surface area contributed by atoms with E-state index in [2.05, 4.69) is 4.72 Å². The molecule has 0 saturated carbocycles. The molecule has 1 unspecified atom stereocenters. The van der Waals surface area contributed by atoms with E-state index in [1.54, 1.807) is 6.92 Å². The van der Waals surface area contributed by atoms with Gasteiger partial charge >= 0.3 is 5.97 Å². The number of carbonyl (C=O) groups is 1. The molecule has 1 aromatic rings. The van der Waals surface area contributed by atoms with E-state index in [0.29, 0.717) is 6.42 Å². The first-order valence-corrected chi connectivity index (χ1v) is 8.09. The normalized spacial score (nSPS) is 12.9. The van der Waals surface area contributed by atoms with Gasteiger partial charge in [0.1, 0.15) is 6.04 Å². The topological polar surface area (TPSA) is 127 Å². The number of hydrogen-bond acceptors (Lipinski definition) is 5. The molecule has 22 heavy (non-hydrogen) atoms. The van der Waals surface area contributed by atoms with E-state index in [-0.39, 0.29) is 28.1 Å². The number of rotatable bonds is 7. The maximum atomic E-state index is 12.3. The highest BCUT2D eigenvalue weighted by atomic mass is 32.2. The van der Waals surface area contributed by atoms with Crippen LogP contribution in [0, 0.1) is 24.0 Å². The van der Waals surface area contributed by atoms with Crippen molar-refractivity contribution in [3.63, 3.8) is 0 Å². The van der Waals surface area contributed by atoms with Crippen LogP contribution in [0.1, 0.15) is 30.9 Å². The molecule has 0 spiro atoms. The molecule has 0 radical (unpaired) electrons. The fourth-order valence-electron chi connectivity index (χ4n) is 2.03. The fourth-order valence-corrected chi connectivity index (χ4v) is 3.57. The minimum atomic E-state index is -4.08. The molecule has 0 amide bonds. The van der Waals surface area contributed by atoms with Crippen molar-refractivity contribution in [3.05, 3.63) is 33.4 Å². The van der Waals surface area contributed by atoms with E-state index in [0.717, 1.165) is 0 Å². The van der Waals surface area contributed by atoms with Crippen molar-refractivity contribution < 1.29 is 23.2 Å². The lowest BCUT2D eigenvalue weighted by Crippen LogP contribution is -2.40. The second-order valence-electron chi connectivity index (χ2n) is 4.96. The number of aryl methyl sites for hydroxylation is 2. The molecule has 1 aromatic carbocycles. The first-order chi connectivity index (χ1) is 10.1. The minimum absolute atomic E-state index is 0.152. The summed E-state index contributed by atoms with van der Waals surface area (Å²) in [5.74, 6) is -1.26. The maximum Gasteiger partial charge on any atom is 0.321 e. The van der Waals surface area contributed by atoms with Gasteiger partial charge in [0, 0.05) is 11.6 Å². The third-order valence-corrected chi connectivity index (χ3v) is 4.77. The summed E-state index contributed by atoms with van der Waals surface area (Å²) in [6.07, 6.45) is 0.650. The third-order valence-electron chi connectivity index (χ3n) is 3.15. The highest BCUT2D eigenvalue weighted by molar-refractivity contribution is 7.89. The molecule has 1 rings (SSSR count). The zero-order chi connectivity index (χ0) is 17.1. The molecule has 0 heterocycles. The number of nitrogens with zero attached hydrogens (tertiary/aromatic N) is 1. The number of carboxylic acids is 1. The lowest BCUT2D eigenvalue weighted by molar-refractivity contribution is -0.385. The Labute approximate surface area is 128 Å². The largest absolute Gasteiger partial charge is 0.480 e. The van der Waals surface area contributed by atoms with Gasteiger partial charge in [-0.3, -0.25) is 14.9 Å². The number of nitro groups is 1. The van der Waals surface area contributed by atoms with E-state index in [1.807, 2.05) is 0 Å². The molecular formula is C13H18N2O6S. The molecular weight excluding hydrogens is 312 g/mol. The molecule has 2 N–H and O–H groups in total. The summed E-state index contributed by atoms with van der Waals surface area (Å²) in [6, 6.07) is 1.12. The first-order valence-electron chi connectivity index (χ1n) is 6.61. The Morgan fingerprint density at radius 1 is 1.36 bits per heavy atom. The minimum Gasteiger partial charge on any atom is -0.480 e. The van der Waals surface area contributed by atoms with Gasteiger partial charge in [-0.2, -0.15) is 4.72 Å². The summed E-state index contributed by atoms with van der Waals surface area (Å²) in [5, 5.41) is 19.9. The average Bonchev–Trinajstić information content (AvgIpc) is 2.39. The van der Waals surface area contributed by atoms with Crippen molar-refractivity contribution in [3.8, 4) is 0 Å². The predicted molar refractivity (Wildman–Crippen MR) is 79.2 cm³/mol. The summed E-state index contributed by atoms with van der Waals surface area (Å²) in [4.78, 5) is 21.2. The van der Waals surface area contributed by atoms with Crippen LogP contribution in [0.3, 0.4) is 0 Å². The van der Waals surface area contributed by atoms with E-state index >= 15 is 0 Å². The van der Waals surface area contributed by atoms with Crippen LogP contribution in [0.25, 0.3) is 0 Å². The van der Waals surface area contributed by atoms with Gasteiger partial charge in [-0.05, 0) is 31.9 Å². The highest BCUT2D eigenvalue weighted by Gasteiger charge is 2.27.